The Morgan fingerprint density at radius 3 is 2.48 bits per heavy atom. The number of hydrogen-bond donors (Lipinski definition) is 5. The number of benzene rings is 2. The number of nitrogens with one attached hydrogen (secondary N) is 3. The molecule has 12 heteroatoms. The fourth-order valence-corrected chi connectivity index (χ4v) is 6.06. The second kappa shape index (κ2) is 14.1. The van der Waals surface area contributed by atoms with Gasteiger partial charge >= 0.3 is 0 Å². The number of amides is 1. The Bertz CT molecular complexity index is 1770. The molecule has 2 aromatic carbocycles. The van der Waals surface area contributed by atoms with Crippen molar-refractivity contribution >= 4 is 28.8 Å². The summed E-state index contributed by atoms with van der Waals surface area (Å²) < 4.78 is 3.82. The maximum atomic E-state index is 12.1. The molecule has 6 rings (SSSR count). The van der Waals surface area contributed by atoms with Crippen LogP contribution in [0.2, 0.25) is 0 Å². The number of rotatable bonds is 13. The first-order chi connectivity index (χ1) is 22.4. The van der Waals surface area contributed by atoms with Crippen LogP contribution in [0.15, 0.2) is 73.4 Å². The minimum absolute atomic E-state index is 0.176. The smallest absolute Gasteiger partial charge is 0.226 e. The standard InChI is InChI=1S/C34H41N9O3/c1-3-28(44)39-26-18-27(31(46)30(26)45)43-21-38-29-32(35-16-14-23-12-8-9-13-25(23)22-10-6-5-7-11-22)40-34(41-33(29)43)36-17-15-24-19-42(4-2)20-37-24/h5-13,19-21,26-27,30-31,45-46H,3-4,14-18H2,1-2H3,(H,39,44)(H2,35,36,40,41)/t26-,27+,30+,31-/m0/s1. The molecule has 1 fully saturated rings. The van der Waals surface area contributed by atoms with Gasteiger partial charge in [0.05, 0.1) is 30.4 Å². The zero-order valence-corrected chi connectivity index (χ0v) is 26.2. The average Bonchev–Trinajstić information content (AvgIpc) is 3.80. The van der Waals surface area contributed by atoms with E-state index in [-0.39, 0.29) is 5.91 Å². The Labute approximate surface area is 268 Å². The minimum atomic E-state index is -1.11. The van der Waals surface area contributed by atoms with Crippen LogP contribution < -0.4 is 16.0 Å². The molecular weight excluding hydrogens is 582 g/mol. The Hall–Kier alpha value is -4.81. The number of hydrogen-bond acceptors (Lipinski definition) is 9. The summed E-state index contributed by atoms with van der Waals surface area (Å²) in [7, 11) is 0. The highest BCUT2D eigenvalue weighted by Gasteiger charge is 2.43. The summed E-state index contributed by atoms with van der Waals surface area (Å²) in [5, 5.41) is 31.5. The van der Waals surface area contributed by atoms with Crippen LogP contribution in [0.25, 0.3) is 22.3 Å². The molecule has 0 bridgehead atoms. The number of carbonyl (C=O) groups excluding carboxylic acids is 1. The number of aliphatic hydroxyl groups excluding tert-OH is 2. The highest BCUT2D eigenvalue weighted by atomic mass is 16.3. The van der Waals surface area contributed by atoms with Gasteiger partial charge in [0.2, 0.25) is 11.9 Å². The Morgan fingerprint density at radius 1 is 0.913 bits per heavy atom. The zero-order valence-electron chi connectivity index (χ0n) is 26.2. The largest absolute Gasteiger partial charge is 0.388 e. The van der Waals surface area contributed by atoms with Crippen molar-refractivity contribution in [3.8, 4) is 11.1 Å². The molecule has 1 aliphatic rings. The lowest BCUT2D eigenvalue weighted by Crippen LogP contribution is -2.42. The van der Waals surface area contributed by atoms with Crippen LogP contribution in [0.1, 0.15) is 44.0 Å². The predicted molar refractivity (Wildman–Crippen MR) is 177 cm³/mol. The van der Waals surface area contributed by atoms with E-state index in [1.54, 1.807) is 17.8 Å². The molecule has 1 saturated carbocycles. The molecule has 1 amide bonds. The molecule has 5 N–H and O–H groups in total. The first-order valence-electron chi connectivity index (χ1n) is 16.0. The average molecular weight is 624 g/mol. The molecule has 0 unspecified atom stereocenters. The molecule has 1 aliphatic carbocycles. The highest BCUT2D eigenvalue weighted by Crippen LogP contribution is 2.34. The van der Waals surface area contributed by atoms with E-state index in [1.807, 2.05) is 35.3 Å². The molecule has 0 aliphatic heterocycles. The van der Waals surface area contributed by atoms with Crippen molar-refractivity contribution < 1.29 is 15.0 Å². The molecular formula is C34H41N9O3. The molecule has 240 valence electrons. The summed E-state index contributed by atoms with van der Waals surface area (Å²) in [4.78, 5) is 30.8. The molecule has 0 saturated heterocycles. The molecule has 12 nitrogen and oxygen atoms in total. The van der Waals surface area contributed by atoms with Crippen LogP contribution in [0.5, 0.6) is 0 Å². The summed E-state index contributed by atoms with van der Waals surface area (Å²) in [6, 6.07) is 17.6. The number of anilines is 2. The van der Waals surface area contributed by atoms with Crippen molar-refractivity contribution in [2.45, 2.75) is 70.4 Å². The van der Waals surface area contributed by atoms with Gasteiger partial charge in [-0.3, -0.25) is 4.79 Å². The van der Waals surface area contributed by atoms with Crippen LogP contribution >= 0.6 is 0 Å². The van der Waals surface area contributed by atoms with Gasteiger partial charge in [-0.05, 0) is 36.5 Å². The first kappa shape index (κ1) is 31.2. The van der Waals surface area contributed by atoms with Gasteiger partial charge in [-0.2, -0.15) is 9.97 Å². The lowest BCUT2D eigenvalue weighted by molar-refractivity contribution is -0.122. The summed E-state index contributed by atoms with van der Waals surface area (Å²) in [5.74, 6) is 0.813. The van der Waals surface area contributed by atoms with Gasteiger partial charge in [0, 0.05) is 38.7 Å². The van der Waals surface area contributed by atoms with E-state index < -0.39 is 24.3 Å². The monoisotopic (exact) mass is 623 g/mol. The van der Waals surface area contributed by atoms with Crippen molar-refractivity contribution in [3.05, 3.63) is 84.7 Å². The quantitative estimate of drug-likeness (QED) is 0.132. The molecule has 4 atom stereocenters. The van der Waals surface area contributed by atoms with Gasteiger partial charge in [0.1, 0.15) is 12.2 Å². The summed E-state index contributed by atoms with van der Waals surface area (Å²) in [5.41, 5.74) is 5.63. The van der Waals surface area contributed by atoms with Crippen molar-refractivity contribution in [1.82, 2.24) is 34.4 Å². The molecule has 3 aromatic heterocycles. The third kappa shape index (κ3) is 6.73. The van der Waals surface area contributed by atoms with Crippen LogP contribution in [0.4, 0.5) is 11.8 Å². The summed E-state index contributed by atoms with van der Waals surface area (Å²) in [6.45, 7) is 5.86. The minimum Gasteiger partial charge on any atom is -0.388 e. The van der Waals surface area contributed by atoms with E-state index in [9.17, 15) is 15.0 Å². The third-order valence-corrected chi connectivity index (χ3v) is 8.60. The lowest BCUT2D eigenvalue weighted by Gasteiger charge is -2.19. The second-order valence-electron chi connectivity index (χ2n) is 11.6. The maximum Gasteiger partial charge on any atom is 0.226 e. The second-order valence-corrected chi connectivity index (χ2v) is 11.6. The summed E-state index contributed by atoms with van der Waals surface area (Å²) >= 11 is 0. The fraction of sp³-hybridized carbons (Fsp3) is 0.382. The van der Waals surface area contributed by atoms with Gasteiger partial charge < -0.3 is 35.3 Å². The van der Waals surface area contributed by atoms with Crippen molar-refractivity contribution in [2.75, 3.05) is 23.7 Å². The fourth-order valence-electron chi connectivity index (χ4n) is 6.06. The molecule has 5 aromatic rings. The molecule has 46 heavy (non-hydrogen) atoms. The zero-order chi connectivity index (χ0) is 32.0. The van der Waals surface area contributed by atoms with Crippen molar-refractivity contribution in [2.24, 2.45) is 0 Å². The van der Waals surface area contributed by atoms with E-state index >= 15 is 0 Å². The highest BCUT2D eigenvalue weighted by molar-refractivity contribution is 5.84. The van der Waals surface area contributed by atoms with Gasteiger partial charge in [0.25, 0.3) is 0 Å². The van der Waals surface area contributed by atoms with E-state index in [0.717, 1.165) is 18.7 Å². The number of carbonyl (C=O) groups is 1. The number of aliphatic hydroxyl groups is 2. The number of fused-ring (bicyclic) bond motifs is 1. The number of nitrogens with zero attached hydrogens (tertiary/aromatic N) is 6. The number of imidazole rings is 2. The predicted octanol–water partition coefficient (Wildman–Crippen LogP) is 3.58. The van der Waals surface area contributed by atoms with Crippen molar-refractivity contribution in [3.63, 3.8) is 0 Å². The maximum absolute atomic E-state index is 12.1. The van der Waals surface area contributed by atoms with E-state index in [2.05, 4.69) is 69.2 Å². The van der Waals surface area contributed by atoms with Gasteiger partial charge in [-0.25, -0.2) is 9.97 Å². The number of aryl methyl sites for hydroxylation is 1. The van der Waals surface area contributed by atoms with E-state index in [4.69, 9.17) is 9.97 Å². The summed E-state index contributed by atoms with van der Waals surface area (Å²) in [6.07, 6.45) is 5.35. The van der Waals surface area contributed by atoms with Crippen LogP contribution in [0.3, 0.4) is 0 Å². The Balaban J connectivity index is 1.25. The van der Waals surface area contributed by atoms with Crippen molar-refractivity contribution in [1.29, 1.82) is 0 Å². The molecule has 0 radical (unpaired) electrons. The van der Waals surface area contributed by atoms with Crippen LogP contribution in [0, 0.1) is 0 Å². The van der Waals surface area contributed by atoms with E-state index in [0.29, 0.717) is 55.3 Å². The Morgan fingerprint density at radius 2 is 1.70 bits per heavy atom. The SMILES string of the molecule is CCC(=O)N[C@H]1C[C@@H](n2cnc3c(NCCc4ccccc4-c4ccccc4)nc(NCCc4cn(CC)cn4)nc32)[C@H](O)[C@@H]1O. The normalized spacial score (nSPS) is 19.4. The van der Waals surface area contributed by atoms with Crippen LogP contribution in [-0.2, 0) is 24.2 Å². The third-order valence-electron chi connectivity index (χ3n) is 8.60. The topological polar surface area (TPSA) is 155 Å². The molecule has 3 heterocycles. The number of aromatic nitrogens is 6. The van der Waals surface area contributed by atoms with E-state index in [1.165, 1.54) is 16.7 Å². The van der Waals surface area contributed by atoms with Gasteiger partial charge in [-0.15, -0.1) is 0 Å². The molecule has 0 spiro atoms. The van der Waals surface area contributed by atoms with Gasteiger partial charge in [-0.1, -0.05) is 61.5 Å². The first-order valence-corrected chi connectivity index (χ1v) is 16.0. The lowest BCUT2D eigenvalue weighted by atomic mass is 9.98. The van der Waals surface area contributed by atoms with Gasteiger partial charge in [0.15, 0.2) is 17.0 Å². The van der Waals surface area contributed by atoms with Crippen LogP contribution in [-0.4, -0.2) is 76.5 Å². The Kier molecular flexibility index (Phi) is 9.55.